The standard InChI is InChI=1S/C21H32N2O3S/c1-15(2)26-19(24)23-12-10-21(11-13-23)14-16-8-6-7-9-17(16)18(21)22-27(25)20(3,4)5/h6-9,15,18,22H,10-14H2,1-5H3/t18-,27?/m1/s1. The highest BCUT2D eigenvalue weighted by molar-refractivity contribution is 7.90. The second kappa shape index (κ2) is 7.64. The molecule has 3 rings (SSSR count). The van der Waals surface area contributed by atoms with Crippen LogP contribution >= 0.6 is 0 Å². The van der Waals surface area contributed by atoms with Crippen molar-refractivity contribution in [3.63, 3.8) is 0 Å². The Morgan fingerprint density at radius 1 is 1.30 bits per heavy atom. The summed E-state index contributed by atoms with van der Waals surface area (Å²) in [4.78, 5) is 14.1. The molecule has 1 unspecified atom stereocenters. The first-order valence-corrected chi connectivity index (χ1v) is 11.0. The molecule has 2 atom stereocenters. The minimum Gasteiger partial charge on any atom is -0.598 e. The van der Waals surface area contributed by atoms with Gasteiger partial charge in [0.25, 0.3) is 0 Å². The highest BCUT2D eigenvalue weighted by Crippen LogP contribution is 2.52. The molecule has 1 amide bonds. The summed E-state index contributed by atoms with van der Waals surface area (Å²) in [6.07, 6.45) is 2.41. The third-order valence-electron chi connectivity index (χ3n) is 5.66. The number of benzene rings is 1. The van der Waals surface area contributed by atoms with Gasteiger partial charge < -0.3 is 14.2 Å². The van der Waals surface area contributed by atoms with Crippen LogP contribution in [0.5, 0.6) is 0 Å². The van der Waals surface area contributed by atoms with Gasteiger partial charge in [-0.05, 0) is 65.0 Å². The lowest BCUT2D eigenvalue weighted by Gasteiger charge is -2.43. The minimum absolute atomic E-state index is 0.000786. The molecule has 1 saturated heterocycles. The second-order valence-electron chi connectivity index (χ2n) is 9.09. The minimum atomic E-state index is -1.14. The molecule has 1 aliphatic carbocycles. The summed E-state index contributed by atoms with van der Waals surface area (Å²) < 4.78 is 21.4. The number of carbonyl (C=O) groups excluding carboxylic acids is 1. The number of carbonyl (C=O) groups is 1. The molecule has 1 aromatic rings. The fraction of sp³-hybridized carbons (Fsp3) is 0.667. The largest absolute Gasteiger partial charge is 0.598 e. The second-order valence-corrected chi connectivity index (χ2v) is 11.1. The van der Waals surface area contributed by atoms with Crippen LogP contribution in [0, 0.1) is 5.41 Å². The number of fused-ring (bicyclic) bond motifs is 1. The van der Waals surface area contributed by atoms with Gasteiger partial charge in [0.15, 0.2) is 0 Å². The molecule has 1 spiro atoms. The van der Waals surface area contributed by atoms with Crippen LogP contribution < -0.4 is 4.72 Å². The Hall–Kier alpha value is -1.24. The van der Waals surface area contributed by atoms with E-state index in [0.717, 1.165) is 19.3 Å². The maximum Gasteiger partial charge on any atom is 0.410 e. The lowest BCUT2D eigenvalue weighted by molar-refractivity contribution is 0.0425. The molecule has 1 fully saturated rings. The van der Waals surface area contributed by atoms with Crippen LogP contribution in [0.4, 0.5) is 4.79 Å². The van der Waals surface area contributed by atoms with E-state index in [0.29, 0.717) is 13.1 Å². The molecule has 0 saturated carbocycles. The van der Waals surface area contributed by atoms with Gasteiger partial charge in [-0.3, -0.25) is 0 Å². The van der Waals surface area contributed by atoms with Gasteiger partial charge in [0.1, 0.15) is 4.75 Å². The number of likely N-dealkylation sites (tertiary alicyclic amines) is 1. The van der Waals surface area contributed by atoms with Gasteiger partial charge in [-0.25, -0.2) is 4.79 Å². The Morgan fingerprint density at radius 2 is 1.93 bits per heavy atom. The molecule has 1 aliphatic heterocycles. The molecule has 0 aromatic heterocycles. The van der Waals surface area contributed by atoms with Crippen molar-refractivity contribution in [3.05, 3.63) is 35.4 Å². The molecule has 6 heteroatoms. The third kappa shape index (κ3) is 4.28. The molecule has 27 heavy (non-hydrogen) atoms. The van der Waals surface area contributed by atoms with Crippen molar-refractivity contribution in [3.8, 4) is 0 Å². The highest BCUT2D eigenvalue weighted by atomic mass is 32.2. The molecular formula is C21H32N2O3S. The number of ether oxygens (including phenoxy) is 1. The van der Waals surface area contributed by atoms with Crippen LogP contribution in [0.25, 0.3) is 0 Å². The van der Waals surface area contributed by atoms with Gasteiger partial charge >= 0.3 is 6.09 Å². The van der Waals surface area contributed by atoms with Crippen molar-refractivity contribution in [1.82, 2.24) is 9.62 Å². The molecule has 0 radical (unpaired) electrons. The predicted octanol–water partition coefficient (Wildman–Crippen LogP) is 3.96. The first kappa shape index (κ1) is 20.5. The zero-order chi connectivity index (χ0) is 19.8. The number of hydrogen-bond acceptors (Lipinski definition) is 4. The topological polar surface area (TPSA) is 64.6 Å². The van der Waals surface area contributed by atoms with E-state index in [1.54, 1.807) is 0 Å². The van der Waals surface area contributed by atoms with E-state index in [9.17, 15) is 9.35 Å². The third-order valence-corrected chi connectivity index (χ3v) is 7.22. The zero-order valence-corrected chi connectivity index (χ0v) is 17.9. The SMILES string of the molecule is CC(C)OC(=O)N1CCC2(CC1)Cc1ccccc1[C@H]2N[S+]([O-])C(C)(C)C. The normalized spacial score (nSPS) is 22.8. The number of rotatable bonds is 3. The summed E-state index contributed by atoms with van der Waals surface area (Å²) in [6, 6.07) is 8.52. The van der Waals surface area contributed by atoms with Gasteiger partial charge in [0.2, 0.25) is 0 Å². The average molecular weight is 393 g/mol. The number of nitrogens with zero attached hydrogens (tertiary/aromatic N) is 1. The van der Waals surface area contributed by atoms with Crippen LogP contribution in [-0.2, 0) is 22.5 Å². The first-order chi connectivity index (χ1) is 12.6. The Bertz CT molecular complexity index is 678. The van der Waals surface area contributed by atoms with Gasteiger partial charge in [-0.2, -0.15) is 0 Å². The van der Waals surface area contributed by atoms with Crippen molar-refractivity contribution < 1.29 is 14.1 Å². The van der Waals surface area contributed by atoms with Gasteiger partial charge in [0, 0.05) is 29.9 Å². The molecule has 5 nitrogen and oxygen atoms in total. The molecule has 1 N–H and O–H groups in total. The summed E-state index contributed by atoms with van der Waals surface area (Å²) in [5.74, 6) is 0. The number of piperidine rings is 1. The predicted molar refractivity (Wildman–Crippen MR) is 109 cm³/mol. The monoisotopic (exact) mass is 392 g/mol. The summed E-state index contributed by atoms with van der Waals surface area (Å²) in [7, 11) is 0. The van der Waals surface area contributed by atoms with Gasteiger partial charge in [-0.15, -0.1) is 4.72 Å². The van der Waals surface area contributed by atoms with Crippen LogP contribution in [0.15, 0.2) is 24.3 Å². The summed E-state index contributed by atoms with van der Waals surface area (Å²) >= 11 is -1.14. The molecule has 1 aromatic carbocycles. The lowest BCUT2D eigenvalue weighted by atomic mass is 9.73. The summed E-state index contributed by atoms with van der Waals surface area (Å²) in [6.45, 7) is 11.1. The van der Waals surface area contributed by atoms with Crippen molar-refractivity contribution in [2.24, 2.45) is 5.41 Å². The van der Waals surface area contributed by atoms with E-state index in [2.05, 4.69) is 29.0 Å². The number of hydrogen-bond donors (Lipinski definition) is 1. The van der Waals surface area contributed by atoms with E-state index in [1.807, 2.05) is 39.5 Å². The Kier molecular flexibility index (Phi) is 5.80. The maximum absolute atomic E-state index is 12.9. The van der Waals surface area contributed by atoms with Crippen LogP contribution in [0.3, 0.4) is 0 Å². The van der Waals surface area contributed by atoms with Crippen molar-refractivity contribution in [1.29, 1.82) is 0 Å². The highest BCUT2D eigenvalue weighted by Gasteiger charge is 2.50. The van der Waals surface area contributed by atoms with Crippen LogP contribution in [-0.4, -0.2) is 39.5 Å². The van der Waals surface area contributed by atoms with E-state index >= 15 is 0 Å². The van der Waals surface area contributed by atoms with E-state index in [-0.39, 0.29) is 28.4 Å². The van der Waals surface area contributed by atoms with Gasteiger partial charge in [-0.1, -0.05) is 24.3 Å². The first-order valence-electron chi connectivity index (χ1n) is 9.84. The lowest BCUT2D eigenvalue weighted by Crippen LogP contribution is -2.50. The number of nitrogens with one attached hydrogen (secondary N) is 1. The zero-order valence-electron chi connectivity index (χ0n) is 17.1. The van der Waals surface area contributed by atoms with Crippen LogP contribution in [0.2, 0.25) is 0 Å². The van der Waals surface area contributed by atoms with E-state index < -0.39 is 11.4 Å². The van der Waals surface area contributed by atoms with Crippen molar-refractivity contribution in [2.75, 3.05) is 13.1 Å². The summed E-state index contributed by atoms with van der Waals surface area (Å²) in [5, 5.41) is 0. The van der Waals surface area contributed by atoms with Gasteiger partial charge in [0.05, 0.1) is 12.1 Å². The van der Waals surface area contributed by atoms with E-state index in [1.165, 1.54) is 11.1 Å². The van der Waals surface area contributed by atoms with Crippen LogP contribution in [0.1, 0.15) is 64.6 Å². The van der Waals surface area contributed by atoms with E-state index in [4.69, 9.17) is 4.74 Å². The summed E-state index contributed by atoms with van der Waals surface area (Å²) in [5.41, 5.74) is 2.59. The molecule has 150 valence electrons. The van der Waals surface area contributed by atoms with Crippen molar-refractivity contribution in [2.45, 2.75) is 70.8 Å². The molecule has 1 heterocycles. The Labute approximate surface area is 166 Å². The average Bonchev–Trinajstić information content (AvgIpc) is 2.87. The molecule has 0 bridgehead atoms. The van der Waals surface area contributed by atoms with Crippen molar-refractivity contribution >= 4 is 17.5 Å². The maximum atomic E-state index is 12.9. The Morgan fingerprint density at radius 3 is 2.52 bits per heavy atom. The molecular weight excluding hydrogens is 360 g/mol. The quantitative estimate of drug-likeness (QED) is 0.791. The fourth-order valence-corrected chi connectivity index (χ4v) is 5.08. The molecule has 2 aliphatic rings. The Balaban J connectivity index is 1.79. The smallest absolute Gasteiger partial charge is 0.410 e. The fourth-order valence-electron chi connectivity index (χ4n) is 4.14. The number of amides is 1.